The van der Waals surface area contributed by atoms with E-state index in [0.29, 0.717) is 11.4 Å². The van der Waals surface area contributed by atoms with E-state index in [-0.39, 0.29) is 26.2 Å². The van der Waals surface area contributed by atoms with Crippen molar-refractivity contribution in [3.05, 3.63) is 24.3 Å². The summed E-state index contributed by atoms with van der Waals surface area (Å²) >= 11 is 0. The van der Waals surface area contributed by atoms with Gasteiger partial charge in [-0.1, -0.05) is 12.1 Å². The minimum absolute atomic E-state index is 0. The quantitative estimate of drug-likeness (QED) is 0.508. The summed E-state index contributed by atoms with van der Waals surface area (Å²) < 4.78 is 0. The van der Waals surface area contributed by atoms with Gasteiger partial charge < -0.3 is 11.5 Å². The molecule has 1 aromatic carbocycles. The van der Waals surface area contributed by atoms with Gasteiger partial charge in [-0.05, 0) is 12.1 Å². The summed E-state index contributed by atoms with van der Waals surface area (Å²) in [6.07, 6.45) is 0. The van der Waals surface area contributed by atoms with E-state index < -0.39 is 0 Å². The predicted molar refractivity (Wildman–Crippen MR) is 45.2 cm³/mol. The fraction of sp³-hybridized carbons (Fsp3) is 0. The van der Waals surface area contributed by atoms with Crippen molar-refractivity contribution >= 4 is 37.6 Å². The van der Waals surface area contributed by atoms with Crippen LogP contribution in [-0.2, 0) is 0 Å². The molecule has 0 saturated carbocycles. The summed E-state index contributed by atoms with van der Waals surface area (Å²) in [6.45, 7) is 0. The fourth-order valence-corrected chi connectivity index (χ4v) is 0.511. The molecule has 0 heterocycles. The number of nitrogens with two attached hydrogens (primary N) is 2. The normalized spacial score (nSPS) is 8.00. The Labute approximate surface area is 73.4 Å². The SMILES string of the molecule is Nc1ccccc1N.[BiH3]. The Morgan fingerprint density at radius 1 is 0.889 bits per heavy atom. The third kappa shape index (κ3) is 2.19. The van der Waals surface area contributed by atoms with Gasteiger partial charge in [0.2, 0.25) is 0 Å². The summed E-state index contributed by atoms with van der Waals surface area (Å²) in [5.41, 5.74) is 12.1. The molecule has 0 aliphatic heterocycles. The Balaban J connectivity index is 0.000000640. The molecule has 3 heteroatoms. The number of nitrogen functional groups attached to an aromatic ring is 2. The van der Waals surface area contributed by atoms with E-state index in [4.69, 9.17) is 11.5 Å². The van der Waals surface area contributed by atoms with Gasteiger partial charge in [0.05, 0.1) is 11.4 Å². The summed E-state index contributed by atoms with van der Waals surface area (Å²) in [4.78, 5) is 0. The van der Waals surface area contributed by atoms with Crippen LogP contribution in [0.4, 0.5) is 11.4 Å². The van der Waals surface area contributed by atoms with Gasteiger partial charge in [-0.2, -0.15) is 0 Å². The van der Waals surface area contributed by atoms with Crippen molar-refractivity contribution in [2.45, 2.75) is 0 Å². The van der Waals surface area contributed by atoms with Gasteiger partial charge >= 0.3 is 26.2 Å². The zero-order valence-electron chi connectivity index (χ0n) is 5.17. The van der Waals surface area contributed by atoms with Crippen LogP contribution in [0.1, 0.15) is 0 Å². The van der Waals surface area contributed by atoms with Crippen molar-refractivity contribution in [3.63, 3.8) is 0 Å². The average Bonchev–Trinajstić information content (AvgIpc) is 1.77. The number of hydrogen-bond acceptors (Lipinski definition) is 2. The van der Waals surface area contributed by atoms with Gasteiger partial charge in [0.1, 0.15) is 0 Å². The molecule has 0 fully saturated rings. The molecular formula is C6H11BiN2. The molecule has 0 aliphatic carbocycles. The number of anilines is 2. The maximum atomic E-state index is 5.39. The second-order valence-electron chi connectivity index (χ2n) is 1.63. The number of benzene rings is 1. The molecule has 1 rings (SSSR count). The number of hydrogen-bond donors (Lipinski definition) is 2. The van der Waals surface area contributed by atoms with Crippen LogP contribution in [0.25, 0.3) is 0 Å². The Bertz CT molecular complexity index is 167. The van der Waals surface area contributed by atoms with Crippen molar-refractivity contribution in [2.75, 3.05) is 11.5 Å². The zero-order chi connectivity index (χ0) is 5.98. The van der Waals surface area contributed by atoms with Crippen molar-refractivity contribution in [3.8, 4) is 0 Å². The fourth-order valence-electron chi connectivity index (χ4n) is 0.511. The monoisotopic (exact) mass is 320 g/mol. The molecule has 9 heavy (non-hydrogen) atoms. The van der Waals surface area contributed by atoms with E-state index in [0.717, 1.165) is 0 Å². The van der Waals surface area contributed by atoms with Crippen LogP contribution in [0.3, 0.4) is 0 Å². The standard InChI is InChI=1S/C6H8N2.Bi.3H/c7-5-3-1-2-4-6(5)8;;;;/h1-4H,7-8H2;;;;. The van der Waals surface area contributed by atoms with Crippen molar-refractivity contribution in [1.82, 2.24) is 0 Å². The van der Waals surface area contributed by atoms with E-state index in [1.807, 2.05) is 12.1 Å². The first kappa shape index (κ1) is 8.70. The average molecular weight is 320 g/mol. The van der Waals surface area contributed by atoms with E-state index in [1.165, 1.54) is 0 Å². The van der Waals surface area contributed by atoms with Crippen LogP contribution >= 0.6 is 0 Å². The topological polar surface area (TPSA) is 52.0 Å². The number of para-hydroxylation sites is 2. The molecule has 0 bridgehead atoms. The molecule has 50 valence electrons. The van der Waals surface area contributed by atoms with Crippen LogP contribution in [0, 0.1) is 0 Å². The van der Waals surface area contributed by atoms with E-state index in [9.17, 15) is 0 Å². The summed E-state index contributed by atoms with van der Waals surface area (Å²) in [5.74, 6) is 0. The predicted octanol–water partition coefficient (Wildman–Crippen LogP) is -0.333. The van der Waals surface area contributed by atoms with Crippen LogP contribution in [-0.4, -0.2) is 26.2 Å². The second-order valence-corrected chi connectivity index (χ2v) is 1.63. The van der Waals surface area contributed by atoms with Crippen LogP contribution in [0.2, 0.25) is 0 Å². The Morgan fingerprint density at radius 3 is 1.44 bits per heavy atom. The first-order valence-electron chi connectivity index (χ1n) is 2.40. The minimum atomic E-state index is 0. The molecule has 0 amide bonds. The molecule has 4 N–H and O–H groups in total. The zero-order valence-corrected chi connectivity index (χ0v) is 10.7. The van der Waals surface area contributed by atoms with Gasteiger partial charge in [-0.15, -0.1) is 0 Å². The summed E-state index contributed by atoms with van der Waals surface area (Å²) in [6, 6.07) is 7.25. The van der Waals surface area contributed by atoms with Gasteiger partial charge in [0.25, 0.3) is 0 Å². The van der Waals surface area contributed by atoms with E-state index in [1.54, 1.807) is 12.1 Å². The molecule has 0 aromatic heterocycles. The molecule has 0 aliphatic rings. The van der Waals surface area contributed by atoms with Crippen LogP contribution in [0.15, 0.2) is 24.3 Å². The van der Waals surface area contributed by atoms with Crippen molar-refractivity contribution in [1.29, 1.82) is 0 Å². The molecular weight excluding hydrogens is 309 g/mol. The number of rotatable bonds is 0. The van der Waals surface area contributed by atoms with Crippen molar-refractivity contribution < 1.29 is 0 Å². The molecule has 0 saturated heterocycles. The van der Waals surface area contributed by atoms with Gasteiger partial charge in [0, 0.05) is 0 Å². The Hall–Kier alpha value is -0.297. The Kier molecular flexibility index (Phi) is 3.55. The van der Waals surface area contributed by atoms with E-state index in [2.05, 4.69) is 0 Å². The summed E-state index contributed by atoms with van der Waals surface area (Å²) in [5, 5.41) is 0. The van der Waals surface area contributed by atoms with Crippen LogP contribution in [0.5, 0.6) is 0 Å². The van der Waals surface area contributed by atoms with Gasteiger partial charge in [0.15, 0.2) is 0 Å². The molecule has 0 unspecified atom stereocenters. The Morgan fingerprint density at radius 2 is 1.22 bits per heavy atom. The molecule has 1 aromatic rings. The first-order valence-corrected chi connectivity index (χ1v) is 2.40. The second kappa shape index (κ2) is 3.68. The maximum absolute atomic E-state index is 5.39. The molecule has 0 atom stereocenters. The first-order chi connectivity index (χ1) is 3.80. The van der Waals surface area contributed by atoms with Gasteiger partial charge in [-0.25, -0.2) is 0 Å². The third-order valence-corrected chi connectivity index (χ3v) is 0.996. The van der Waals surface area contributed by atoms with Crippen LogP contribution < -0.4 is 11.5 Å². The van der Waals surface area contributed by atoms with Gasteiger partial charge in [-0.3, -0.25) is 0 Å². The summed E-state index contributed by atoms with van der Waals surface area (Å²) in [7, 11) is 0. The molecule has 0 spiro atoms. The van der Waals surface area contributed by atoms with E-state index >= 15 is 0 Å². The molecule has 2 nitrogen and oxygen atoms in total. The van der Waals surface area contributed by atoms with Crippen molar-refractivity contribution in [2.24, 2.45) is 0 Å². The molecule has 0 radical (unpaired) electrons. The third-order valence-electron chi connectivity index (χ3n) is 0.996.